The van der Waals surface area contributed by atoms with Gasteiger partial charge in [0.15, 0.2) is 0 Å². The molecule has 2 aromatic heterocycles. The quantitative estimate of drug-likeness (QED) is 0.242. The summed E-state index contributed by atoms with van der Waals surface area (Å²) in [4.78, 5) is 50.0. The number of aryl methyl sites for hydroxylation is 1. The number of aromatic amines is 2. The fraction of sp³-hybridized carbons (Fsp3) is 0.212. The van der Waals surface area contributed by atoms with Gasteiger partial charge in [0.2, 0.25) is 5.91 Å². The Morgan fingerprint density at radius 2 is 1.74 bits per heavy atom. The third kappa shape index (κ3) is 5.46. The fourth-order valence-corrected chi connectivity index (χ4v) is 5.68. The first-order chi connectivity index (χ1) is 20.4. The highest BCUT2D eigenvalue weighted by molar-refractivity contribution is 6.00. The van der Waals surface area contributed by atoms with Crippen molar-refractivity contribution in [3.05, 3.63) is 118 Å². The van der Waals surface area contributed by atoms with Crippen molar-refractivity contribution in [3.63, 3.8) is 0 Å². The maximum atomic E-state index is 12.9. The van der Waals surface area contributed by atoms with Crippen molar-refractivity contribution in [1.82, 2.24) is 24.4 Å². The van der Waals surface area contributed by atoms with Crippen molar-refractivity contribution in [1.29, 1.82) is 0 Å². The van der Waals surface area contributed by atoms with E-state index in [2.05, 4.69) is 43.9 Å². The van der Waals surface area contributed by atoms with Crippen LogP contribution >= 0.6 is 0 Å². The lowest BCUT2D eigenvalue weighted by molar-refractivity contribution is -0.111. The first kappa shape index (κ1) is 27.2. The van der Waals surface area contributed by atoms with Gasteiger partial charge in [-0.3, -0.25) is 19.1 Å². The summed E-state index contributed by atoms with van der Waals surface area (Å²) in [5.41, 5.74) is 6.77. The number of aromatic nitrogens is 4. The number of nitrogens with one attached hydrogen (secondary N) is 3. The molecule has 0 aliphatic carbocycles. The number of rotatable bonds is 7. The molecule has 0 unspecified atom stereocenters. The van der Waals surface area contributed by atoms with E-state index in [-0.39, 0.29) is 23.2 Å². The molecule has 3 aromatic carbocycles. The number of nitrogens with zero attached hydrogens (tertiary/aromatic N) is 3. The highest BCUT2D eigenvalue weighted by Gasteiger charge is 2.24. The Bertz CT molecular complexity index is 1880. The molecule has 3 heterocycles. The Kier molecular flexibility index (Phi) is 7.41. The summed E-state index contributed by atoms with van der Waals surface area (Å²) < 4.78 is 1.83. The zero-order chi connectivity index (χ0) is 29.2. The van der Waals surface area contributed by atoms with Gasteiger partial charge in [0, 0.05) is 42.5 Å². The van der Waals surface area contributed by atoms with Crippen LogP contribution in [0.15, 0.2) is 95.0 Å². The van der Waals surface area contributed by atoms with Crippen LogP contribution in [0.3, 0.4) is 0 Å². The van der Waals surface area contributed by atoms with Crippen molar-refractivity contribution >= 4 is 22.6 Å². The van der Waals surface area contributed by atoms with E-state index in [4.69, 9.17) is 0 Å². The lowest BCUT2D eigenvalue weighted by Crippen LogP contribution is -2.36. The van der Waals surface area contributed by atoms with E-state index in [1.54, 1.807) is 13.0 Å². The molecule has 0 bridgehead atoms. The van der Waals surface area contributed by atoms with Crippen LogP contribution in [-0.2, 0) is 11.3 Å². The first-order valence-corrected chi connectivity index (χ1v) is 14.1. The average molecular weight is 561 g/mol. The highest BCUT2D eigenvalue weighted by atomic mass is 16.2. The second kappa shape index (κ2) is 11.5. The number of benzene rings is 3. The van der Waals surface area contributed by atoms with Crippen LogP contribution in [0, 0.1) is 6.92 Å². The van der Waals surface area contributed by atoms with Crippen LogP contribution in [-0.4, -0.2) is 43.4 Å². The van der Waals surface area contributed by atoms with E-state index in [0.717, 1.165) is 60.3 Å². The Morgan fingerprint density at radius 1 is 1.00 bits per heavy atom. The number of fused-ring (bicyclic) bond motifs is 1. The molecule has 0 spiro atoms. The number of hydrogen-bond acceptors (Lipinski definition) is 5. The maximum Gasteiger partial charge on any atom is 0.326 e. The maximum absolute atomic E-state index is 12.9. The van der Waals surface area contributed by atoms with E-state index in [1.807, 2.05) is 59.2 Å². The molecule has 1 aliphatic heterocycles. The fourth-order valence-electron chi connectivity index (χ4n) is 5.68. The Balaban J connectivity index is 1.15. The number of anilines is 1. The molecule has 212 valence electrons. The SMILES string of the molecule is C=CC(=O)Nc1ccc2[nH]c(=O)n(C3CCN(Cc4ccc(-c5[nH]c(=O)c(C)nc5-c5ccccc5)cc4)CC3)c2c1. The standard InChI is InChI=1S/C33H32N6O3/c1-3-29(40)35-25-13-14-27-28(19-25)39(33(42)36-27)26-15-17-38(18-16-26)20-22-9-11-24(12-10-22)31-30(23-7-5-4-6-8-23)34-21(2)32(41)37-31/h3-14,19,26H,1,15-18,20H2,2H3,(H,35,40)(H,36,42)(H,37,41). The number of piperidine rings is 1. The van der Waals surface area contributed by atoms with E-state index >= 15 is 0 Å². The van der Waals surface area contributed by atoms with Crippen LogP contribution in [0.5, 0.6) is 0 Å². The van der Waals surface area contributed by atoms with Crippen LogP contribution in [0.1, 0.15) is 30.1 Å². The van der Waals surface area contributed by atoms with Gasteiger partial charge in [0.1, 0.15) is 5.69 Å². The summed E-state index contributed by atoms with van der Waals surface area (Å²) >= 11 is 0. The molecule has 1 saturated heterocycles. The molecule has 9 nitrogen and oxygen atoms in total. The number of amides is 1. The van der Waals surface area contributed by atoms with Crippen LogP contribution in [0.4, 0.5) is 5.69 Å². The molecule has 0 atom stereocenters. The third-order valence-corrected chi connectivity index (χ3v) is 7.87. The van der Waals surface area contributed by atoms with Gasteiger partial charge in [-0.1, -0.05) is 61.2 Å². The average Bonchev–Trinajstić information content (AvgIpc) is 3.34. The van der Waals surface area contributed by atoms with Gasteiger partial charge in [-0.25, -0.2) is 9.78 Å². The van der Waals surface area contributed by atoms with Gasteiger partial charge in [0.25, 0.3) is 5.56 Å². The van der Waals surface area contributed by atoms with Gasteiger partial charge in [-0.05, 0) is 49.6 Å². The van der Waals surface area contributed by atoms with Crippen molar-refractivity contribution in [2.24, 2.45) is 0 Å². The number of hydrogen-bond donors (Lipinski definition) is 3. The van der Waals surface area contributed by atoms with E-state index in [0.29, 0.717) is 17.1 Å². The molecule has 5 aromatic rings. The molecule has 1 fully saturated rings. The Hall–Kier alpha value is -5.02. The molecular formula is C33H32N6O3. The van der Waals surface area contributed by atoms with E-state index in [1.165, 1.54) is 11.6 Å². The van der Waals surface area contributed by atoms with Crippen molar-refractivity contribution in [2.45, 2.75) is 32.4 Å². The molecular weight excluding hydrogens is 528 g/mol. The molecule has 42 heavy (non-hydrogen) atoms. The number of likely N-dealkylation sites (tertiary alicyclic amines) is 1. The zero-order valence-corrected chi connectivity index (χ0v) is 23.4. The second-order valence-corrected chi connectivity index (χ2v) is 10.7. The van der Waals surface area contributed by atoms with Crippen LogP contribution in [0.2, 0.25) is 0 Å². The van der Waals surface area contributed by atoms with Crippen molar-refractivity contribution in [3.8, 4) is 22.5 Å². The molecule has 1 aliphatic rings. The van der Waals surface area contributed by atoms with Crippen molar-refractivity contribution in [2.75, 3.05) is 18.4 Å². The lowest BCUT2D eigenvalue weighted by Gasteiger charge is -2.32. The number of H-pyrrole nitrogens is 2. The topological polar surface area (TPSA) is 116 Å². The van der Waals surface area contributed by atoms with Gasteiger partial charge < -0.3 is 15.3 Å². The predicted molar refractivity (Wildman–Crippen MR) is 165 cm³/mol. The number of imidazole rings is 1. The number of carbonyl (C=O) groups excluding carboxylic acids is 1. The minimum Gasteiger partial charge on any atom is -0.322 e. The predicted octanol–water partition coefficient (Wildman–Crippen LogP) is 5.02. The summed E-state index contributed by atoms with van der Waals surface area (Å²) in [5.74, 6) is -0.291. The molecule has 1 amide bonds. The van der Waals surface area contributed by atoms with Crippen LogP contribution in [0.25, 0.3) is 33.5 Å². The normalized spacial score (nSPS) is 14.2. The number of carbonyl (C=O) groups is 1. The van der Waals surface area contributed by atoms with Crippen LogP contribution < -0.4 is 16.6 Å². The Labute approximate surface area is 242 Å². The molecule has 3 N–H and O–H groups in total. The van der Waals surface area contributed by atoms with Gasteiger partial charge in [0.05, 0.1) is 22.4 Å². The molecule has 0 saturated carbocycles. The summed E-state index contributed by atoms with van der Waals surface area (Å²) in [6, 6.07) is 23.6. The third-order valence-electron chi connectivity index (χ3n) is 7.87. The monoisotopic (exact) mass is 560 g/mol. The van der Waals surface area contributed by atoms with Gasteiger partial charge in [-0.2, -0.15) is 0 Å². The summed E-state index contributed by atoms with van der Waals surface area (Å²) in [6.45, 7) is 7.72. The smallest absolute Gasteiger partial charge is 0.322 e. The summed E-state index contributed by atoms with van der Waals surface area (Å²) in [5, 5.41) is 2.77. The minimum absolute atomic E-state index is 0.0671. The second-order valence-electron chi connectivity index (χ2n) is 10.7. The molecule has 9 heteroatoms. The summed E-state index contributed by atoms with van der Waals surface area (Å²) in [6.07, 6.45) is 2.90. The summed E-state index contributed by atoms with van der Waals surface area (Å²) in [7, 11) is 0. The largest absolute Gasteiger partial charge is 0.326 e. The van der Waals surface area contributed by atoms with Gasteiger partial charge in [-0.15, -0.1) is 0 Å². The lowest BCUT2D eigenvalue weighted by atomic mass is 10.0. The van der Waals surface area contributed by atoms with Gasteiger partial charge >= 0.3 is 5.69 Å². The van der Waals surface area contributed by atoms with E-state index < -0.39 is 0 Å². The van der Waals surface area contributed by atoms with Crippen molar-refractivity contribution < 1.29 is 4.79 Å². The Morgan fingerprint density at radius 3 is 2.45 bits per heavy atom. The highest BCUT2D eigenvalue weighted by Crippen LogP contribution is 2.30. The minimum atomic E-state index is -0.291. The molecule has 6 rings (SSSR count). The first-order valence-electron chi connectivity index (χ1n) is 14.1. The van der Waals surface area contributed by atoms with E-state index in [9.17, 15) is 14.4 Å². The zero-order valence-electron chi connectivity index (χ0n) is 23.4. The molecule has 0 radical (unpaired) electrons.